The van der Waals surface area contributed by atoms with Gasteiger partial charge in [0.05, 0.1) is 0 Å². The number of aromatic amines is 1. The van der Waals surface area contributed by atoms with Gasteiger partial charge in [-0.2, -0.15) is 0 Å². The zero-order chi connectivity index (χ0) is 23.3. The molecule has 0 bridgehead atoms. The van der Waals surface area contributed by atoms with Crippen LogP contribution in [-0.2, 0) is 6.42 Å². The number of fused-ring (bicyclic) bond motifs is 1. The molecule has 0 aliphatic carbocycles. The first-order chi connectivity index (χ1) is 16.6. The van der Waals surface area contributed by atoms with Gasteiger partial charge in [-0.25, -0.2) is 9.97 Å². The maximum atomic E-state index is 5.85. The molecule has 6 heteroatoms. The molecule has 0 spiro atoms. The van der Waals surface area contributed by atoms with Crippen LogP contribution in [0.4, 0.5) is 5.69 Å². The molecule has 4 aromatic rings. The van der Waals surface area contributed by atoms with E-state index in [9.17, 15) is 0 Å². The van der Waals surface area contributed by atoms with Crippen molar-refractivity contribution in [1.29, 1.82) is 0 Å². The van der Waals surface area contributed by atoms with Crippen LogP contribution in [0.3, 0.4) is 0 Å². The third-order valence-electron chi connectivity index (χ3n) is 6.59. The lowest BCUT2D eigenvalue weighted by Gasteiger charge is -2.36. The van der Waals surface area contributed by atoms with Crippen LogP contribution in [0, 0.1) is 13.8 Å². The first kappa shape index (κ1) is 22.4. The van der Waals surface area contributed by atoms with Gasteiger partial charge in [-0.3, -0.25) is 4.90 Å². The highest BCUT2D eigenvalue weighted by molar-refractivity contribution is 5.83. The van der Waals surface area contributed by atoms with Gasteiger partial charge >= 0.3 is 6.01 Å². The van der Waals surface area contributed by atoms with Gasteiger partial charge < -0.3 is 14.6 Å². The lowest BCUT2D eigenvalue weighted by Crippen LogP contribution is -2.46. The third kappa shape index (κ3) is 5.39. The van der Waals surface area contributed by atoms with Gasteiger partial charge in [-0.05, 0) is 81.6 Å². The highest BCUT2D eigenvalue weighted by Crippen LogP contribution is 2.24. The Kier molecular flexibility index (Phi) is 6.77. The second kappa shape index (κ2) is 10.3. The molecular formula is C28H33N5O. The fraction of sp³-hybridized carbons (Fsp3) is 0.357. The number of rotatable bonds is 8. The van der Waals surface area contributed by atoms with Gasteiger partial charge in [0.1, 0.15) is 5.75 Å². The molecule has 2 aromatic carbocycles. The van der Waals surface area contributed by atoms with Crippen molar-refractivity contribution in [3.8, 4) is 11.8 Å². The van der Waals surface area contributed by atoms with E-state index in [1.54, 1.807) is 0 Å². The Labute approximate surface area is 201 Å². The molecule has 0 atom stereocenters. The number of H-pyrrole nitrogens is 1. The summed E-state index contributed by atoms with van der Waals surface area (Å²) in [5.41, 5.74) is 5.75. The fourth-order valence-corrected chi connectivity index (χ4v) is 4.79. The number of aromatic nitrogens is 3. The summed E-state index contributed by atoms with van der Waals surface area (Å²) in [7, 11) is 0. The number of unbranched alkanes of at least 4 members (excludes halogenated alkanes) is 1. The summed E-state index contributed by atoms with van der Waals surface area (Å²) in [6, 6.07) is 19.2. The standard InChI is InChI=1S/C28H33N5O/c1-21-19-22(2)31-28(30-21)34-25-12-10-24(11-13-25)33-17-15-32(16-18-33)14-6-5-7-23-20-29-27-9-4-3-8-26(23)27/h3-4,8-13,19-20,29H,5-7,14-18H2,1-2H3. The molecule has 1 aliphatic heterocycles. The molecule has 1 aliphatic rings. The van der Waals surface area contributed by atoms with Crippen LogP contribution in [0.5, 0.6) is 11.8 Å². The van der Waals surface area contributed by atoms with Crippen LogP contribution >= 0.6 is 0 Å². The number of nitrogens with zero attached hydrogens (tertiary/aromatic N) is 4. The van der Waals surface area contributed by atoms with E-state index in [0.29, 0.717) is 6.01 Å². The topological polar surface area (TPSA) is 57.3 Å². The summed E-state index contributed by atoms with van der Waals surface area (Å²) in [4.78, 5) is 17.2. The first-order valence-corrected chi connectivity index (χ1v) is 12.3. The predicted octanol–water partition coefficient (Wildman–Crippen LogP) is 5.51. The van der Waals surface area contributed by atoms with Crippen molar-refractivity contribution in [2.24, 2.45) is 0 Å². The summed E-state index contributed by atoms with van der Waals surface area (Å²) in [5, 5.41) is 1.37. The minimum Gasteiger partial charge on any atom is -0.424 e. The Morgan fingerprint density at radius 3 is 2.38 bits per heavy atom. The zero-order valence-electron chi connectivity index (χ0n) is 20.1. The van der Waals surface area contributed by atoms with Crippen molar-refractivity contribution in [2.75, 3.05) is 37.6 Å². The average Bonchev–Trinajstić information content (AvgIpc) is 3.25. The van der Waals surface area contributed by atoms with E-state index >= 15 is 0 Å². The molecular weight excluding hydrogens is 422 g/mol. The van der Waals surface area contributed by atoms with Crippen LogP contribution in [-0.4, -0.2) is 52.6 Å². The maximum absolute atomic E-state index is 5.85. The van der Waals surface area contributed by atoms with Crippen LogP contribution in [0.1, 0.15) is 29.8 Å². The maximum Gasteiger partial charge on any atom is 0.322 e. The molecule has 2 aromatic heterocycles. The van der Waals surface area contributed by atoms with Gasteiger partial charge in [0.25, 0.3) is 0 Å². The Morgan fingerprint density at radius 2 is 1.62 bits per heavy atom. The molecule has 34 heavy (non-hydrogen) atoms. The molecule has 1 N–H and O–H groups in total. The number of aryl methyl sites for hydroxylation is 3. The summed E-state index contributed by atoms with van der Waals surface area (Å²) >= 11 is 0. The number of hydrogen-bond donors (Lipinski definition) is 1. The molecule has 0 amide bonds. The van der Waals surface area contributed by atoms with Crippen LogP contribution in [0.2, 0.25) is 0 Å². The van der Waals surface area contributed by atoms with Gasteiger partial charge in [0.15, 0.2) is 0 Å². The smallest absolute Gasteiger partial charge is 0.322 e. The molecule has 0 radical (unpaired) electrons. The monoisotopic (exact) mass is 455 g/mol. The Balaban J connectivity index is 1.06. The summed E-state index contributed by atoms with van der Waals surface area (Å²) in [5.74, 6) is 0.766. The van der Waals surface area contributed by atoms with Crippen molar-refractivity contribution < 1.29 is 4.74 Å². The number of para-hydroxylation sites is 1. The molecule has 3 heterocycles. The number of nitrogens with one attached hydrogen (secondary N) is 1. The molecule has 1 saturated heterocycles. The third-order valence-corrected chi connectivity index (χ3v) is 6.59. The quantitative estimate of drug-likeness (QED) is 0.355. The molecule has 5 rings (SSSR count). The fourth-order valence-electron chi connectivity index (χ4n) is 4.79. The predicted molar refractivity (Wildman–Crippen MR) is 138 cm³/mol. The van der Waals surface area contributed by atoms with E-state index in [0.717, 1.165) is 49.7 Å². The van der Waals surface area contributed by atoms with Crippen LogP contribution in [0.15, 0.2) is 60.8 Å². The molecule has 0 saturated carbocycles. The minimum atomic E-state index is 0.406. The van der Waals surface area contributed by atoms with Gasteiger partial charge in [0, 0.05) is 60.4 Å². The number of benzene rings is 2. The number of hydrogen-bond acceptors (Lipinski definition) is 5. The van der Waals surface area contributed by atoms with E-state index in [-0.39, 0.29) is 0 Å². The number of piperazine rings is 1. The summed E-state index contributed by atoms with van der Waals surface area (Å²) in [6.45, 7) is 9.43. The lowest BCUT2D eigenvalue weighted by atomic mass is 10.1. The summed E-state index contributed by atoms with van der Waals surface area (Å²) < 4.78 is 5.85. The Hall–Kier alpha value is -3.38. The first-order valence-electron chi connectivity index (χ1n) is 12.3. The largest absolute Gasteiger partial charge is 0.424 e. The molecule has 0 unspecified atom stereocenters. The normalized spacial score (nSPS) is 14.6. The number of anilines is 1. The Morgan fingerprint density at radius 1 is 0.882 bits per heavy atom. The van der Waals surface area contributed by atoms with Crippen molar-refractivity contribution in [3.05, 3.63) is 77.7 Å². The van der Waals surface area contributed by atoms with E-state index in [4.69, 9.17) is 4.74 Å². The second-order valence-corrected chi connectivity index (χ2v) is 9.17. The minimum absolute atomic E-state index is 0.406. The molecule has 1 fully saturated rings. The highest BCUT2D eigenvalue weighted by atomic mass is 16.5. The highest BCUT2D eigenvalue weighted by Gasteiger charge is 2.17. The van der Waals surface area contributed by atoms with Gasteiger partial charge in [-0.15, -0.1) is 0 Å². The number of ether oxygens (including phenoxy) is 1. The van der Waals surface area contributed by atoms with Crippen molar-refractivity contribution in [1.82, 2.24) is 19.9 Å². The lowest BCUT2D eigenvalue weighted by molar-refractivity contribution is 0.253. The van der Waals surface area contributed by atoms with E-state index in [1.165, 1.54) is 41.5 Å². The SMILES string of the molecule is Cc1cc(C)nc(Oc2ccc(N3CCN(CCCCc4c[nH]c5ccccc45)CC3)cc2)n1. The van der Waals surface area contributed by atoms with Crippen molar-refractivity contribution >= 4 is 16.6 Å². The van der Waals surface area contributed by atoms with E-state index < -0.39 is 0 Å². The van der Waals surface area contributed by atoms with Crippen LogP contribution in [0.25, 0.3) is 10.9 Å². The Bertz CT molecular complexity index is 1210. The van der Waals surface area contributed by atoms with Gasteiger partial charge in [0.2, 0.25) is 0 Å². The average molecular weight is 456 g/mol. The summed E-state index contributed by atoms with van der Waals surface area (Å²) in [6.07, 6.45) is 5.79. The second-order valence-electron chi connectivity index (χ2n) is 9.17. The zero-order valence-corrected chi connectivity index (χ0v) is 20.1. The molecule has 6 nitrogen and oxygen atoms in total. The van der Waals surface area contributed by atoms with Crippen molar-refractivity contribution in [3.63, 3.8) is 0 Å². The molecule has 176 valence electrons. The van der Waals surface area contributed by atoms with E-state index in [2.05, 4.69) is 67.3 Å². The van der Waals surface area contributed by atoms with Gasteiger partial charge in [-0.1, -0.05) is 18.2 Å². The van der Waals surface area contributed by atoms with E-state index in [1.807, 2.05) is 32.0 Å². The van der Waals surface area contributed by atoms with Crippen LogP contribution < -0.4 is 9.64 Å². The van der Waals surface area contributed by atoms with Crippen molar-refractivity contribution in [2.45, 2.75) is 33.1 Å².